The van der Waals surface area contributed by atoms with E-state index in [1.807, 2.05) is 31.2 Å². The van der Waals surface area contributed by atoms with Crippen molar-refractivity contribution in [1.82, 2.24) is 15.3 Å². The third-order valence-corrected chi connectivity index (χ3v) is 4.98. The van der Waals surface area contributed by atoms with Crippen LogP contribution in [-0.2, 0) is 9.59 Å². The number of anilines is 2. The van der Waals surface area contributed by atoms with Gasteiger partial charge < -0.3 is 16.4 Å². The Hall–Kier alpha value is -3.99. The normalized spacial score (nSPS) is 14.1. The van der Waals surface area contributed by atoms with Crippen LogP contribution in [0.3, 0.4) is 0 Å². The minimum Gasteiger partial charge on any atom is -0.398 e. The minimum atomic E-state index is -0.907. The van der Waals surface area contributed by atoms with Crippen LogP contribution in [0.5, 0.6) is 0 Å². The van der Waals surface area contributed by atoms with E-state index in [0.29, 0.717) is 18.5 Å². The van der Waals surface area contributed by atoms with E-state index in [0.717, 1.165) is 27.5 Å². The standard InChI is InChI=1S/C21H18N6O2/c1-12-2-5-24-9-15(12)13-6-14-8-18(25-10-16(14)17(23)7-13)26-19(28)20(29)27-21(11-22)3-4-21/h2,5-10H,3-4,23H2,1H3,(H,27,29)(H,25,26,28). The molecule has 4 rings (SSSR count). The lowest BCUT2D eigenvalue weighted by Gasteiger charge is -2.11. The van der Waals surface area contributed by atoms with Crippen molar-refractivity contribution in [3.63, 3.8) is 0 Å². The number of benzene rings is 1. The van der Waals surface area contributed by atoms with Crippen molar-refractivity contribution in [2.45, 2.75) is 25.3 Å². The summed E-state index contributed by atoms with van der Waals surface area (Å²) in [6.07, 6.45) is 6.14. The zero-order valence-electron chi connectivity index (χ0n) is 15.7. The molecule has 4 N–H and O–H groups in total. The van der Waals surface area contributed by atoms with E-state index >= 15 is 0 Å². The number of pyridine rings is 2. The molecule has 144 valence electrons. The van der Waals surface area contributed by atoms with Gasteiger partial charge in [-0.3, -0.25) is 14.6 Å². The average molecular weight is 386 g/mol. The maximum atomic E-state index is 12.2. The van der Waals surface area contributed by atoms with E-state index in [1.165, 1.54) is 0 Å². The molecule has 0 radical (unpaired) electrons. The van der Waals surface area contributed by atoms with Crippen LogP contribution in [0, 0.1) is 18.3 Å². The highest BCUT2D eigenvalue weighted by atomic mass is 16.2. The fraction of sp³-hybridized carbons (Fsp3) is 0.190. The van der Waals surface area contributed by atoms with Gasteiger partial charge in [-0.15, -0.1) is 0 Å². The predicted molar refractivity (Wildman–Crippen MR) is 108 cm³/mol. The summed E-state index contributed by atoms with van der Waals surface area (Å²) in [7, 11) is 0. The molecule has 1 aliphatic rings. The van der Waals surface area contributed by atoms with Gasteiger partial charge in [-0.1, -0.05) is 0 Å². The number of hydrogen-bond acceptors (Lipinski definition) is 6. The fourth-order valence-electron chi connectivity index (χ4n) is 3.11. The quantitative estimate of drug-likeness (QED) is 0.467. The highest BCUT2D eigenvalue weighted by Crippen LogP contribution is 2.34. The number of aryl methyl sites for hydroxylation is 1. The summed E-state index contributed by atoms with van der Waals surface area (Å²) < 4.78 is 0. The van der Waals surface area contributed by atoms with Crippen molar-refractivity contribution in [3.05, 3.63) is 48.4 Å². The van der Waals surface area contributed by atoms with Gasteiger partial charge in [0.05, 0.1) is 6.07 Å². The number of rotatable bonds is 3. The molecule has 1 fully saturated rings. The molecule has 1 aromatic carbocycles. The number of nitrogens with two attached hydrogens (primary N) is 1. The lowest BCUT2D eigenvalue weighted by molar-refractivity contribution is -0.136. The number of nitrogens with one attached hydrogen (secondary N) is 2. The first-order valence-corrected chi connectivity index (χ1v) is 9.06. The first-order valence-electron chi connectivity index (χ1n) is 9.06. The number of aromatic nitrogens is 2. The molecule has 0 atom stereocenters. The third kappa shape index (κ3) is 3.58. The largest absolute Gasteiger partial charge is 0.398 e. The maximum Gasteiger partial charge on any atom is 0.314 e. The van der Waals surface area contributed by atoms with Gasteiger partial charge in [0, 0.05) is 35.2 Å². The molecule has 3 aromatic rings. The molecule has 0 spiro atoms. The Bertz CT molecular complexity index is 1190. The molecule has 0 unspecified atom stereocenters. The first-order chi connectivity index (χ1) is 13.9. The summed E-state index contributed by atoms with van der Waals surface area (Å²) in [5.74, 6) is -1.50. The second-order valence-corrected chi connectivity index (χ2v) is 7.15. The summed E-state index contributed by atoms with van der Waals surface area (Å²) in [5, 5.41) is 15.5. The number of nitrogen functional groups attached to an aromatic ring is 1. The Morgan fingerprint density at radius 2 is 2.00 bits per heavy atom. The van der Waals surface area contributed by atoms with Gasteiger partial charge in [-0.25, -0.2) is 4.98 Å². The van der Waals surface area contributed by atoms with Gasteiger partial charge in [0.15, 0.2) is 0 Å². The molecule has 2 heterocycles. The molecule has 2 aromatic heterocycles. The van der Waals surface area contributed by atoms with Crippen molar-refractivity contribution >= 4 is 34.1 Å². The topological polar surface area (TPSA) is 134 Å². The SMILES string of the molecule is Cc1ccncc1-c1cc(N)c2cnc(NC(=O)C(=O)NC3(C#N)CC3)cc2c1. The molecule has 8 heteroatoms. The van der Waals surface area contributed by atoms with Crippen LogP contribution in [0.4, 0.5) is 11.5 Å². The van der Waals surface area contributed by atoms with Crippen molar-refractivity contribution in [3.8, 4) is 17.2 Å². The lowest BCUT2D eigenvalue weighted by Crippen LogP contribution is -2.42. The number of carbonyl (C=O) groups excluding carboxylic acids is 2. The van der Waals surface area contributed by atoms with E-state index < -0.39 is 17.4 Å². The van der Waals surface area contributed by atoms with Crippen LogP contribution in [-0.4, -0.2) is 27.3 Å². The number of amides is 2. The van der Waals surface area contributed by atoms with Crippen molar-refractivity contribution in [2.75, 3.05) is 11.1 Å². The second-order valence-electron chi connectivity index (χ2n) is 7.15. The summed E-state index contributed by atoms with van der Waals surface area (Å²) in [6, 6.07) is 9.38. The molecule has 2 amide bonds. The predicted octanol–water partition coefficient (Wildman–Crippen LogP) is 2.30. The zero-order valence-corrected chi connectivity index (χ0v) is 15.7. The van der Waals surface area contributed by atoms with Gasteiger partial charge in [0.25, 0.3) is 0 Å². The first kappa shape index (κ1) is 18.4. The Morgan fingerprint density at radius 1 is 1.21 bits per heavy atom. The third-order valence-electron chi connectivity index (χ3n) is 4.98. The molecule has 0 saturated heterocycles. The summed E-state index contributed by atoms with van der Waals surface area (Å²) in [4.78, 5) is 32.5. The second kappa shape index (κ2) is 6.87. The molecule has 0 bridgehead atoms. The number of nitriles is 1. The lowest BCUT2D eigenvalue weighted by atomic mass is 9.99. The molecule has 0 aliphatic heterocycles. The Balaban J connectivity index is 1.61. The molecule has 1 aliphatic carbocycles. The van der Waals surface area contributed by atoms with Gasteiger partial charge in [-0.05, 0) is 60.5 Å². The molecule has 1 saturated carbocycles. The highest BCUT2D eigenvalue weighted by Gasteiger charge is 2.45. The van der Waals surface area contributed by atoms with Crippen LogP contribution in [0.1, 0.15) is 18.4 Å². The number of hydrogen-bond donors (Lipinski definition) is 3. The van der Waals surface area contributed by atoms with Gasteiger partial charge >= 0.3 is 11.8 Å². The fourth-order valence-corrected chi connectivity index (χ4v) is 3.11. The monoisotopic (exact) mass is 386 g/mol. The Morgan fingerprint density at radius 3 is 2.69 bits per heavy atom. The van der Waals surface area contributed by atoms with Gasteiger partial charge in [0.2, 0.25) is 0 Å². The highest BCUT2D eigenvalue weighted by molar-refractivity contribution is 6.39. The van der Waals surface area contributed by atoms with Gasteiger partial charge in [0.1, 0.15) is 11.4 Å². The number of nitrogens with zero attached hydrogens (tertiary/aromatic N) is 3. The zero-order chi connectivity index (χ0) is 20.6. The van der Waals surface area contributed by atoms with E-state index in [-0.39, 0.29) is 5.82 Å². The van der Waals surface area contributed by atoms with Crippen LogP contribution >= 0.6 is 0 Å². The van der Waals surface area contributed by atoms with E-state index in [4.69, 9.17) is 11.0 Å². The van der Waals surface area contributed by atoms with E-state index in [9.17, 15) is 9.59 Å². The van der Waals surface area contributed by atoms with Crippen molar-refractivity contribution in [2.24, 2.45) is 0 Å². The van der Waals surface area contributed by atoms with Crippen LogP contribution < -0.4 is 16.4 Å². The number of fused-ring (bicyclic) bond motifs is 1. The van der Waals surface area contributed by atoms with Crippen LogP contribution in [0.15, 0.2) is 42.9 Å². The van der Waals surface area contributed by atoms with Crippen molar-refractivity contribution < 1.29 is 9.59 Å². The Kier molecular flexibility index (Phi) is 4.35. The summed E-state index contributed by atoms with van der Waals surface area (Å²) in [5.41, 5.74) is 8.74. The summed E-state index contributed by atoms with van der Waals surface area (Å²) in [6.45, 7) is 1.99. The smallest absolute Gasteiger partial charge is 0.314 e. The van der Waals surface area contributed by atoms with Crippen LogP contribution in [0.25, 0.3) is 21.9 Å². The Labute approximate surface area is 166 Å². The van der Waals surface area contributed by atoms with Crippen LogP contribution in [0.2, 0.25) is 0 Å². The molecular formula is C21H18N6O2. The molecule has 8 nitrogen and oxygen atoms in total. The molecule has 29 heavy (non-hydrogen) atoms. The summed E-state index contributed by atoms with van der Waals surface area (Å²) >= 11 is 0. The van der Waals surface area contributed by atoms with E-state index in [2.05, 4.69) is 20.6 Å². The maximum absolute atomic E-state index is 12.2. The van der Waals surface area contributed by atoms with Gasteiger partial charge in [-0.2, -0.15) is 5.26 Å². The molecular weight excluding hydrogens is 368 g/mol. The number of carbonyl (C=O) groups is 2. The van der Waals surface area contributed by atoms with Crippen molar-refractivity contribution in [1.29, 1.82) is 5.26 Å². The minimum absolute atomic E-state index is 0.221. The average Bonchev–Trinajstić information content (AvgIpc) is 3.48. The van der Waals surface area contributed by atoms with E-state index in [1.54, 1.807) is 24.7 Å².